The van der Waals surface area contributed by atoms with Gasteiger partial charge in [-0.3, -0.25) is 4.98 Å². The van der Waals surface area contributed by atoms with Gasteiger partial charge in [-0.15, -0.1) is 0 Å². The van der Waals surface area contributed by atoms with Crippen LogP contribution in [0, 0.1) is 13.8 Å². The standard InChI is InChI=1S/C12H19NO2S/c1-9-7-13-11(8-16-6-5-14-3)10(2)12(9)15-4/h7H,5-6,8H2,1-4H3. The Labute approximate surface area is 102 Å². The van der Waals surface area contributed by atoms with Crippen molar-refractivity contribution in [3.05, 3.63) is 23.0 Å². The van der Waals surface area contributed by atoms with Gasteiger partial charge in [0.05, 0.1) is 19.4 Å². The summed E-state index contributed by atoms with van der Waals surface area (Å²) >= 11 is 1.83. The number of aromatic nitrogens is 1. The maximum atomic E-state index is 5.37. The molecule has 3 nitrogen and oxygen atoms in total. The largest absolute Gasteiger partial charge is 0.496 e. The van der Waals surface area contributed by atoms with Gasteiger partial charge in [-0.1, -0.05) is 0 Å². The fourth-order valence-electron chi connectivity index (χ4n) is 1.53. The molecule has 0 aromatic carbocycles. The second-order valence-electron chi connectivity index (χ2n) is 3.59. The lowest BCUT2D eigenvalue weighted by atomic mass is 10.1. The van der Waals surface area contributed by atoms with Crippen LogP contribution in [-0.4, -0.2) is 31.6 Å². The summed E-state index contributed by atoms with van der Waals surface area (Å²) in [4.78, 5) is 4.44. The molecular weight excluding hydrogens is 222 g/mol. The van der Waals surface area contributed by atoms with E-state index in [2.05, 4.69) is 11.9 Å². The molecule has 0 N–H and O–H groups in total. The average molecular weight is 241 g/mol. The summed E-state index contributed by atoms with van der Waals surface area (Å²) in [5, 5.41) is 0. The molecule has 1 rings (SSSR count). The molecule has 0 unspecified atom stereocenters. The summed E-state index contributed by atoms with van der Waals surface area (Å²) in [5.41, 5.74) is 3.33. The van der Waals surface area contributed by atoms with E-state index >= 15 is 0 Å². The first-order chi connectivity index (χ1) is 7.70. The molecule has 0 aliphatic carbocycles. The van der Waals surface area contributed by atoms with E-state index in [1.165, 1.54) is 0 Å². The van der Waals surface area contributed by atoms with Gasteiger partial charge >= 0.3 is 0 Å². The minimum atomic E-state index is 0.784. The molecule has 0 bridgehead atoms. The van der Waals surface area contributed by atoms with Crippen LogP contribution in [0.1, 0.15) is 16.8 Å². The first kappa shape index (κ1) is 13.3. The SMILES string of the molecule is COCCSCc1ncc(C)c(OC)c1C. The van der Waals surface area contributed by atoms with Crippen LogP contribution in [0.2, 0.25) is 0 Å². The lowest BCUT2D eigenvalue weighted by Gasteiger charge is -2.11. The van der Waals surface area contributed by atoms with Crippen molar-refractivity contribution in [2.24, 2.45) is 0 Å². The zero-order valence-corrected chi connectivity index (χ0v) is 11.2. The number of pyridine rings is 1. The molecule has 90 valence electrons. The molecule has 0 amide bonds. The van der Waals surface area contributed by atoms with Crippen molar-refractivity contribution in [2.45, 2.75) is 19.6 Å². The van der Waals surface area contributed by atoms with Crippen molar-refractivity contribution in [3.8, 4) is 5.75 Å². The Kier molecular flexibility index (Phi) is 5.63. The molecule has 4 heteroatoms. The lowest BCUT2D eigenvalue weighted by molar-refractivity contribution is 0.218. The van der Waals surface area contributed by atoms with E-state index in [1.807, 2.05) is 24.9 Å². The van der Waals surface area contributed by atoms with E-state index in [-0.39, 0.29) is 0 Å². The van der Waals surface area contributed by atoms with E-state index in [0.29, 0.717) is 0 Å². The maximum Gasteiger partial charge on any atom is 0.128 e. The molecule has 1 aromatic heterocycles. The lowest BCUT2D eigenvalue weighted by Crippen LogP contribution is -2.00. The molecule has 0 saturated heterocycles. The Morgan fingerprint density at radius 2 is 2.06 bits per heavy atom. The quantitative estimate of drug-likeness (QED) is 0.716. The predicted molar refractivity (Wildman–Crippen MR) is 68.3 cm³/mol. The smallest absolute Gasteiger partial charge is 0.128 e. The third-order valence-corrected chi connectivity index (χ3v) is 3.35. The van der Waals surface area contributed by atoms with E-state index in [0.717, 1.165) is 40.7 Å². The van der Waals surface area contributed by atoms with Crippen LogP contribution in [0.15, 0.2) is 6.20 Å². The van der Waals surface area contributed by atoms with Crippen molar-refractivity contribution >= 4 is 11.8 Å². The molecule has 0 radical (unpaired) electrons. The van der Waals surface area contributed by atoms with Gasteiger partial charge in [0.25, 0.3) is 0 Å². The molecule has 1 heterocycles. The number of methoxy groups -OCH3 is 2. The molecule has 0 saturated carbocycles. The van der Waals surface area contributed by atoms with Crippen LogP contribution in [0.25, 0.3) is 0 Å². The Balaban J connectivity index is 2.66. The van der Waals surface area contributed by atoms with E-state index in [9.17, 15) is 0 Å². The minimum Gasteiger partial charge on any atom is -0.496 e. The zero-order chi connectivity index (χ0) is 12.0. The van der Waals surface area contributed by atoms with Crippen LogP contribution in [-0.2, 0) is 10.5 Å². The van der Waals surface area contributed by atoms with Gasteiger partial charge in [-0.05, 0) is 13.8 Å². The Bertz CT molecular complexity index is 342. The summed E-state index contributed by atoms with van der Waals surface area (Å²) in [5.74, 6) is 2.86. The van der Waals surface area contributed by atoms with Crippen molar-refractivity contribution < 1.29 is 9.47 Å². The first-order valence-electron chi connectivity index (χ1n) is 5.26. The highest BCUT2D eigenvalue weighted by Crippen LogP contribution is 2.26. The molecule has 1 aromatic rings. The van der Waals surface area contributed by atoms with E-state index < -0.39 is 0 Å². The fraction of sp³-hybridized carbons (Fsp3) is 0.583. The number of rotatable bonds is 6. The van der Waals surface area contributed by atoms with Gasteiger partial charge in [0, 0.05) is 35.9 Å². The number of aryl methyl sites for hydroxylation is 1. The Hall–Kier alpha value is -0.740. The van der Waals surface area contributed by atoms with Gasteiger partial charge in [0.2, 0.25) is 0 Å². The number of hydrogen-bond acceptors (Lipinski definition) is 4. The van der Waals surface area contributed by atoms with Crippen LogP contribution >= 0.6 is 11.8 Å². The van der Waals surface area contributed by atoms with Gasteiger partial charge < -0.3 is 9.47 Å². The highest BCUT2D eigenvalue weighted by Gasteiger charge is 2.08. The van der Waals surface area contributed by atoms with Crippen LogP contribution in [0.5, 0.6) is 5.75 Å². The number of nitrogens with zero attached hydrogens (tertiary/aromatic N) is 1. The summed E-state index contributed by atoms with van der Waals surface area (Å²) in [6.07, 6.45) is 1.87. The molecule has 0 aliphatic rings. The monoisotopic (exact) mass is 241 g/mol. The van der Waals surface area contributed by atoms with Crippen molar-refractivity contribution in [2.75, 3.05) is 26.6 Å². The highest BCUT2D eigenvalue weighted by atomic mass is 32.2. The summed E-state index contributed by atoms with van der Waals surface area (Å²) in [6.45, 7) is 4.86. The second-order valence-corrected chi connectivity index (χ2v) is 4.70. The second kappa shape index (κ2) is 6.76. The number of ether oxygens (including phenoxy) is 2. The normalized spacial score (nSPS) is 10.5. The van der Waals surface area contributed by atoms with Crippen molar-refractivity contribution in [1.82, 2.24) is 4.98 Å². The van der Waals surface area contributed by atoms with Gasteiger partial charge in [0.1, 0.15) is 5.75 Å². The van der Waals surface area contributed by atoms with Crippen LogP contribution < -0.4 is 4.74 Å². The van der Waals surface area contributed by atoms with Crippen LogP contribution in [0.3, 0.4) is 0 Å². The molecule has 0 spiro atoms. The number of thioether (sulfide) groups is 1. The fourth-order valence-corrected chi connectivity index (χ4v) is 2.44. The average Bonchev–Trinajstić information content (AvgIpc) is 2.28. The predicted octanol–water partition coefficient (Wildman–Crippen LogP) is 2.59. The third-order valence-electron chi connectivity index (χ3n) is 2.42. The summed E-state index contributed by atoms with van der Waals surface area (Å²) < 4.78 is 10.4. The zero-order valence-electron chi connectivity index (χ0n) is 10.4. The molecule has 0 aliphatic heterocycles. The van der Waals surface area contributed by atoms with Gasteiger partial charge in [-0.2, -0.15) is 11.8 Å². The first-order valence-corrected chi connectivity index (χ1v) is 6.42. The maximum absolute atomic E-state index is 5.37. The summed E-state index contributed by atoms with van der Waals surface area (Å²) in [7, 11) is 3.43. The molecular formula is C12H19NO2S. The highest BCUT2D eigenvalue weighted by molar-refractivity contribution is 7.98. The number of hydrogen-bond donors (Lipinski definition) is 0. The molecule has 16 heavy (non-hydrogen) atoms. The Morgan fingerprint density at radius 3 is 2.69 bits per heavy atom. The van der Waals surface area contributed by atoms with Gasteiger partial charge in [-0.25, -0.2) is 0 Å². The summed E-state index contributed by atoms with van der Waals surface area (Å²) in [6, 6.07) is 0. The topological polar surface area (TPSA) is 31.4 Å². The van der Waals surface area contributed by atoms with E-state index in [1.54, 1.807) is 14.2 Å². The van der Waals surface area contributed by atoms with Crippen molar-refractivity contribution in [1.29, 1.82) is 0 Å². The molecule has 0 fully saturated rings. The third kappa shape index (κ3) is 3.39. The van der Waals surface area contributed by atoms with Gasteiger partial charge in [0.15, 0.2) is 0 Å². The molecule has 0 atom stereocenters. The van der Waals surface area contributed by atoms with Crippen LogP contribution in [0.4, 0.5) is 0 Å². The van der Waals surface area contributed by atoms with Crippen molar-refractivity contribution in [3.63, 3.8) is 0 Å². The van der Waals surface area contributed by atoms with E-state index in [4.69, 9.17) is 9.47 Å². The Morgan fingerprint density at radius 1 is 1.31 bits per heavy atom. The minimum absolute atomic E-state index is 0.784.